The summed E-state index contributed by atoms with van der Waals surface area (Å²) in [6, 6.07) is 5.18. The van der Waals surface area contributed by atoms with Crippen molar-refractivity contribution in [1.29, 1.82) is 0 Å². The summed E-state index contributed by atoms with van der Waals surface area (Å²) in [6.45, 7) is 5.79. The van der Waals surface area contributed by atoms with E-state index in [4.69, 9.17) is 0 Å². The van der Waals surface area contributed by atoms with E-state index in [0.717, 1.165) is 12.8 Å². The maximum absolute atomic E-state index is 12.3. The minimum atomic E-state index is 0.0442. The third-order valence-electron chi connectivity index (χ3n) is 4.98. The van der Waals surface area contributed by atoms with Crippen molar-refractivity contribution in [1.82, 2.24) is 15.2 Å². The van der Waals surface area contributed by atoms with Crippen LogP contribution < -0.4 is 5.32 Å². The molecule has 4 nitrogen and oxygen atoms in total. The van der Waals surface area contributed by atoms with Crippen molar-refractivity contribution in [2.75, 3.05) is 6.54 Å². The molecule has 1 amide bonds. The van der Waals surface area contributed by atoms with Crippen LogP contribution in [0.2, 0.25) is 0 Å². The number of nitrogens with one attached hydrogen (secondary N) is 1. The van der Waals surface area contributed by atoms with Crippen molar-refractivity contribution in [3.63, 3.8) is 0 Å². The number of rotatable bonds is 4. The maximum atomic E-state index is 12.3. The summed E-state index contributed by atoms with van der Waals surface area (Å²) in [4.78, 5) is 19.0. The van der Waals surface area contributed by atoms with Crippen molar-refractivity contribution < 1.29 is 4.79 Å². The second kappa shape index (κ2) is 6.78. The molecule has 0 radical (unpaired) electrons. The Balaban J connectivity index is 1.62. The number of hydrogen-bond acceptors (Lipinski definition) is 3. The molecule has 4 heteroatoms. The Kier molecular flexibility index (Phi) is 4.77. The predicted octanol–water partition coefficient (Wildman–Crippen LogP) is 2.85. The van der Waals surface area contributed by atoms with Crippen LogP contribution in [0.15, 0.2) is 24.5 Å². The number of pyridine rings is 1. The van der Waals surface area contributed by atoms with Crippen LogP contribution in [0.25, 0.3) is 0 Å². The molecule has 2 fully saturated rings. The summed E-state index contributed by atoms with van der Waals surface area (Å²) in [6.07, 6.45) is 9.45. The van der Waals surface area contributed by atoms with Crippen molar-refractivity contribution in [3.8, 4) is 0 Å². The molecule has 2 atom stereocenters. The molecule has 2 aliphatic heterocycles. The summed E-state index contributed by atoms with van der Waals surface area (Å²) in [5, 5.41) is 3.24. The first-order valence-corrected chi connectivity index (χ1v) is 8.60. The Morgan fingerprint density at radius 1 is 1.27 bits per heavy atom. The molecule has 1 aromatic rings. The van der Waals surface area contributed by atoms with Gasteiger partial charge >= 0.3 is 0 Å². The molecule has 0 spiro atoms. The van der Waals surface area contributed by atoms with Gasteiger partial charge in [-0.15, -0.1) is 0 Å². The van der Waals surface area contributed by atoms with Crippen LogP contribution in [0.4, 0.5) is 0 Å². The van der Waals surface area contributed by atoms with Gasteiger partial charge in [0, 0.05) is 42.6 Å². The number of carbonyl (C=O) groups excluding carboxylic acids is 1. The summed E-state index contributed by atoms with van der Waals surface area (Å²) in [7, 11) is 0. The van der Waals surface area contributed by atoms with Gasteiger partial charge in [0.2, 0.25) is 0 Å². The summed E-state index contributed by atoms with van der Waals surface area (Å²) in [5.74, 6) is 0.758. The van der Waals surface area contributed by atoms with Crippen molar-refractivity contribution in [2.24, 2.45) is 5.92 Å². The second-order valence-corrected chi connectivity index (χ2v) is 7.21. The third-order valence-corrected chi connectivity index (χ3v) is 4.98. The monoisotopic (exact) mass is 301 g/mol. The highest BCUT2D eigenvalue weighted by Crippen LogP contribution is 2.34. The quantitative estimate of drug-likeness (QED) is 0.930. The van der Waals surface area contributed by atoms with E-state index in [9.17, 15) is 4.79 Å². The molecule has 22 heavy (non-hydrogen) atoms. The molecule has 3 heterocycles. The lowest BCUT2D eigenvalue weighted by atomic mass is 9.81. The van der Waals surface area contributed by atoms with Crippen LogP contribution in [0.5, 0.6) is 0 Å². The van der Waals surface area contributed by atoms with Crippen LogP contribution >= 0.6 is 0 Å². The highest BCUT2D eigenvalue weighted by Gasteiger charge is 2.38. The summed E-state index contributed by atoms with van der Waals surface area (Å²) < 4.78 is 0. The average Bonchev–Trinajstić information content (AvgIpc) is 2.48. The number of piperidine rings is 2. The van der Waals surface area contributed by atoms with Gasteiger partial charge in [-0.05, 0) is 43.7 Å². The molecular weight excluding hydrogens is 274 g/mol. The van der Waals surface area contributed by atoms with Gasteiger partial charge in [0.1, 0.15) is 0 Å². The lowest BCUT2D eigenvalue weighted by molar-refractivity contribution is 0.0158. The van der Waals surface area contributed by atoms with Gasteiger partial charge in [-0.2, -0.15) is 0 Å². The van der Waals surface area contributed by atoms with Gasteiger partial charge in [-0.1, -0.05) is 20.3 Å². The van der Waals surface area contributed by atoms with E-state index < -0.39 is 0 Å². The topological polar surface area (TPSA) is 45.2 Å². The van der Waals surface area contributed by atoms with Crippen molar-refractivity contribution >= 4 is 5.91 Å². The SMILES string of the molecule is CC(C)CN1C2CCCC1CC(NC(=O)c1ccncc1)C2. The number of carbonyl (C=O) groups is 1. The first-order valence-electron chi connectivity index (χ1n) is 8.60. The fraction of sp³-hybridized carbons (Fsp3) is 0.667. The van der Waals surface area contributed by atoms with E-state index in [-0.39, 0.29) is 5.91 Å². The minimum Gasteiger partial charge on any atom is -0.349 e. The van der Waals surface area contributed by atoms with E-state index in [1.54, 1.807) is 24.5 Å². The van der Waals surface area contributed by atoms with Gasteiger partial charge in [0.15, 0.2) is 0 Å². The first-order chi connectivity index (χ1) is 10.6. The fourth-order valence-electron chi connectivity index (χ4n) is 4.09. The van der Waals surface area contributed by atoms with Gasteiger partial charge < -0.3 is 5.32 Å². The number of hydrogen-bond donors (Lipinski definition) is 1. The zero-order valence-corrected chi connectivity index (χ0v) is 13.7. The molecule has 0 aliphatic carbocycles. The molecule has 120 valence electrons. The van der Waals surface area contributed by atoms with Crippen LogP contribution in [0.1, 0.15) is 56.3 Å². The molecule has 1 aromatic heterocycles. The zero-order valence-electron chi connectivity index (χ0n) is 13.7. The average molecular weight is 301 g/mol. The molecule has 2 aliphatic rings. The number of aromatic nitrogens is 1. The highest BCUT2D eigenvalue weighted by molar-refractivity contribution is 5.94. The van der Waals surface area contributed by atoms with Crippen LogP contribution in [0, 0.1) is 5.92 Å². The molecule has 1 N–H and O–H groups in total. The van der Waals surface area contributed by atoms with Crippen molar-refractivity contribution in [2.45, 2.75) is 64.1 Å². The minimum absolute atomic E-state index is 0.0442. The summed E-state index contributed by atoms with van der Waals surface area (Å²) in [5.41, 5.74) is 0.713. The molecule has 2 saturated heterocycles. The fourth-order valence-corrected chi connectivity index (χ4v) is 4.09. The number of amides is 1. The van der Waals surface area contributed by atoms with Gasteiger partial charge in [-0.25, -0.2) is 0 Å². The normalized spacial score (nSPS) is 28.6. The van der Waals surface area contributed by atoms with Crippen LogP contribution in [-0.2, 0) is 0 Å². The standard InChI is InChI=1S/C18H27N3O/c1-13(2)12-21-16-4-3-5-17(21)11-15(10-16)20-18(22)14-6-8-19-9-7-14/h6-9,13,15-17H,3-5,10-12H2,1-2H3,(H,20,22). The molecule has 2 unspecified atom stereocenters. The second-order valence-electron chi connectivity index (χ2n) is 7.21. The highest BCUT2D eigenvalue weighted by atomic mass is 16.1. The smallest absolute Gasteiger partial charge is 0.251 e. The zero-order chi connectivity index (χ0) is 15.5. The van der Waals surface area contributed by atoms with Crippen LogP contribution in [0.3, 0.4) is 0 Å². The van der Waals surface area contributed by atoms with Gasteiger partial charge in [0.25, 0.3) is 5.91 Å². The molecule has 0 aromatic carbocycles. The Hall–Kier alpha value is -1.42. The predicted molar refractivity (Wildman–Crippen MR) is 87.7 cm³/mol. The molecule has 2 bridgehead atoms. The Bertz CT molecular complexity index is 488. The lowest BCUT2D eigenvalue weighted by Gasteiger charge is -2.49. The number of nitrogens with zero attached hydrogens (tertiary/aromatic N) is 2. The van der Waals surface area contributed by atoms with Crippen LogP contribution in [-0.4, -0.2) is 40.5 Å². The Morgan fingerprint density at radius 3 is 2.50 bits per heavy atom. The Labute approximate surface area is 133 Å². The molecule has 3 rings (SSSR count). The largest absolute Gasteiger partial charge is 0.349 e. The van der Waals surface area contributed by atoms with E-state index in [1.807, 2.05) is 0 Å². The maximum Gasteiger partial charge on any atom is 0.251 e. The van der Waals surface area contributed by atoms with E-state index in [2.05, 4.69) is 29.0 Å². The number of fused-ring (bicyclic) bond motifs is 2. The molecular formula is C18H27N3O. The molecule has 0 saturated carbocycles. The van der Waals surface area contributed by atoms with Crippen molar-refractivity contribution in [3.05, 3.63) is 30.1 Å². The van der Waals surface area contributed by atoms with Gasteiger partial charge in [-0.3, -0.25) is 14.7 Å². The van der Waals surface area contributed by atoms with E-state index >= 15 is 0 Å². The summed E-state index contributed by atoms with van der Waals surface area (Å²) >= 11 is 0. The first kappa shape index (κ1) is 15.5. The van der Waals surface area contributed by atoms with E-state index in [1.165, 1.54) is 25.8 Å². The lowest BCUT2D eigenvalue weighted by Crippen LogP contribution is -2.57. The Morgan fingerprint density at radius 2 is 1.91 bits per heavy atom. The third kappa shape index (κ3) is 3.49. The van der Waals surface area contributed by atoms with Gasteiger partial charge in [0.05, 0.1) is 0 Å². The van der Waals surface area contributed by atoms with E-state index in [0.29, 0.717) is 29.6 Å².